The summed E-state index contributed by atoms with van der Waals surface area (Å²) >= 11 is 1.64. The molecule has 0 radical (unpaired) electrons. The number of nitrogens with zero attached hydrogens (tertiary/aromatic N) is 2. The van der Waals surface area contributed by atoms with Gasteiger partial charge < -0.3 is 9.80 Å². The minimum absolute atomic E-state index is 0.0424. The van der Waals surface area contributed by atoms with Gasteiger partial charge in [-0.15, -0.1) is 11.3 Å². The Morgan fingerprint density at radius 3 is 2.82 bits per heavy atom. The van der Waals surface area contributed by atoms with E-state index in [-0.39, 0.29) is 17.9 Å². The number of amides is 2. The molecule has 0 N–H and O–H groups in total. The van der Waals surface area contributed by atoms with Crippen molar-refractivity contribution in [2.45, 2.75) is 45.1 Å². The van der Waals surface area contributed by atoms with Gasteiger partial charge >= 0.3 is 0 Å². The Hall–Kier alpha value is -1.36. The maximum Gasteiger partial charge on any atom is 0.264 e. The fourth-order valence-corrected chi connectivity index (χ4v) is 4.68. The van der Waals surface area contributed by atoms with E-state index in [1.54, 1.807) is 35.2 Å². The SMILES string of the molecule is CC1CCc2sc(C(=O)N3CCCC3C(=O)N(C)C)cc2C1. The van der Waals surface area contributed by atoms with Gasteiger partial charge in [-0.1, -0.05) is 6.92 Å². The van der Waals surface area contributed by atoms with Crippen molar-refractivity contribution in [1.29, 1.82) is 0 Å². The molecule has 120 valence electrons. The number of carbonyl (C=O) groups is 2. The van der Waals surface area contributed by atoms with E-state index in [9.17, 15) is 9.59 Å². The molecule has 1 aromatic heterocycles. The first-order chi connectivity index (χ1) is 10.5. The monoisotopic (exact) mass is 320 g/mol. The Labute approximate surface area is 136 Å². The molecule has 0 saturated carbocycles. The molecule has 22 heavy (non-hydrogen) atoms. The van der Waals surface area contributed by atoms with E-state index in [4.69, 9.17) is 0 Å². The Bertz CT molecular complexity index is 593. The quantitative estimate of drug-likeness (QED) is 0.840. The Morgan fingerprint density at radius 1 is 1.32 bits per heavy atom. The molecule has 3 rings (SSSR count). The van der Waals surface area contributed by atoms with Gasteiger partial charge in [-0.2, -0.15) is 0 Å². The zero-order valence-corrected chi connectivity index (χ0v) is 14.4. The number of carbonyl (C=O) groups excluding carboxylic acids is 2. The lowest BCUT2D eigenvalue weighted by atomic mass is 9.90. The summed E-state index contributed by atoms with van der Waals surface area (Å²) in [6.07, 6.45) is 5.09. The fraction of sp³-hybridized carbons (Fsp3) is 0.647. The highest BCUT2D eigenvalue weighted by molar-refractivity contribution is 7.14. The third kappa shape index (κ3) is 2.78. The van der Waals surface area contributed by atoms with Crippen LogP contribution in [0.15, 0.2) is 6.07 Å². The molecule has 1 saturated heterocycles. The molecule has 2 aliphatic rings. The van der Waals surface area contributed by atoms with Crippen LogP contribution in [0.1, 0.15) is 46.3 Å². The van der Waals surface area contributed by atoms with Crippen LogP contribution in [0.4, 0.5) is 0 Å². The molecular weight excluding hydrogens is 296 g/mol. The first-order valence-corrected chi connectivity index (χ1v) is 8.92. The standard InChI is InChI=1S/C17H24N2O2S/c1-11-6-7-14-12(9-11)10-15(22-14)17(21)19-8-4-5-13(19)16(20)18(2)3/h10-11,13H,4-9H2,1-3H3. The van der Waals surface area contributed by atoms with Crippen molar-refractivity contribution in [2.24, 2.45) is 5.92 Å². The van der Waals surface area contributed by atoms with Gasteiger partial charge in [0.1, 0.15) is 6.04 Å². The van der Waals surface area contributed by atoms with Crippen molar-refractivity contribution in [2.75, 3.05) is 20.6 Å². The van der Waals surface area contributed by atoms with Gasteiger partial charge in [-0.25, -0.2) is 0 Å². The number of likely N-dealkylation sites (N-methyl/N-ethyl adjacent to an activating group) is 1. The minimum atomic E-state index is -0.277. The molecule has 2 unspecified atom stereocenters. The number of rotatable bonds is 2. The highest BCUT2D eigenvalue weighted by atomic mass is 32.1. The van der Waals surface area contributed by atoms with Gasteiger partial charge in [0.2, 0.25) is 5.91 Å². The van der Waals surface area contributed by atoms with Crippen molar-refractivity contribution in [1.82, 2.24) is 9.80 Å². The van der Waals surface area contributed by atoms with Crippen LogP contribution in [0, 0.1) is 5.92 Å². The Balaban J connectivity index is 1.80. The second-order valence-corrected chi connectivity index (χ2v) is 7.93. The molecule has 2 amide bonds. The number of likely N-dealkylation sites (tertiary alicyclic amines) is 1. The van der Waals surface area contributed by atoms with Crippen molar-refractivity contribution in [3.63, 3.8) is 0 Å². The number of hydrogen-bond donors (Lipinski definition) is 0. The first kappa shape index (κ1) is 15.5. The van der Waals surface area contributed by atoms with Gasteiger partial charge in [0, 0.05) is 25.5 Å². The zero-order chi connectivity index (χ0) is 15.9. The molecule has 5 heteroatoms. The lowest BCUT2D eigenvalue weighted by Gasteiger charge is -2.25. The number of thiophene rings is 1. The molecule has 0 bridgehead atoms. The zero-order valence-electron chi connectivity index (χ0n) is 13.6. The summed E-state index contributed by atoms with van der Waals surface area (Å²) in [6, 6.07) is 1.80. The van der Waals surface area contributed by atoms with Gasteiger partial charge in [-0.3, -0.25) is 9.59 Å². The fourth-order valence-electron chi connectivity index (χ4n) is 3.52. The van der Waals surface area contributed by atoms with E-state index < -0.39 is 0 Å². The molecule has 0 spiro atoms. The van der Waals surface area contributed by atoms with Gasteiger partial charge in [-0.05, 0) is 49.7 Å². The maximum absolute atomic E-state index is 12.8. The molecule has 0 aromatic carbocycles. The summed E-state index contributed by atoms with van der Waals surface area (Å²) in [6.45, 7) is 2.97. The summed E-state index contributed by atoms with van der Waals surface area (Å²) in [4.78, 5) is 30.7. The van der Waals surface area contributed by atoms with Gasteiger partial charge in [0.15, 0.2) is 0 Å². The molecule has 1 aromatic rings. The summed E-state index contributed by atoms with van der Waals surface area (Å²) < 4.78 is 0. The van der Waals surface area contributed by atoms with Crippen LogP contribution >= 0.6 is 11.3 Å². The van der Waals surface area contributed by atoms with Crippen LogP contribution in [0.2, 0.25) is 0 Å². The van der Waals surface area contributed by atoms with Gasteiger partial charge in [0.05, 0.1) is 4.88 Å². The molecule has 4 nitrogen and oxygen atoms in total. The molecular formula is C17H24N2O2S. The van der Waals surface area contributed by atoms with Crippen LogP contribution in [0.3, 0.4) is 0 Å². The molecule has 1 aliphatic heterocycles. The van der Waals surface area contributed by atoms with Crippen molar-refractivity contribution in [3.8, 4) is 0 Å². The van der Waals surface area contributed by atoms with Crippen LogP contribution in [-0.4, -0.2) is 48.3 Å². The maximum atomic E-state index is 12.8. The van der Waals surface area contributed by atoms with Crippen LogP contribution in [-0.2, 0) is 17.6 Å². The average molecular weight is 320 g/mol. The van der Waals surface area contributed by atoms with Crippen LogP contribution in [0.5, 0.6) is 0 Å². The molecule has 2 heterocycles. The summed E-state index contributed by atoms with van der Waals surface area (Å²) in [5, 5.41) is 0. The second-order valence-electron chi connectivity index (χ2n) is 6.80. The van der Waals surface area contributed by atoms with E-state index >= 15 is 0 Å². The average Bonchev–Trinajstić information content (AvgIpc) is 3.11. The summed E-state index contributed by atoms with van der Waals surface area (Å²) in [5.74, 6) is 0.797. The topological polar surface area (TPSA) is 40.6 Å². The highest BCUT2D eigenvalue weighted by Crippen LogP contribution is 2.33. The normalized spacial score (nSPS) is 24.2. The minimum Gasteiger partial charge on any atom is -0.347 e. The number of aryl methyl sites for hydroxylation is 1. The summed E-state index contributed by atoms with van der Waals surface area (Å²) in [5.41, 5.74) is 1.35. The number of hydrogen-bond acceptors (Lipinski definition) is 3. The van der Waals surface area contributed by atoms with E-state index in [1.807, 2.05) is 0 Å². The van der Waals surface area contributed by atoms with E-state index in [0.29, 0.717) is 12.5 Å². The van der Waals surface area contributed by atoms with Crippen LogP contribution < -0.4 is 0 Å². The predicted molar refractivity (Wildman–Crippen MR) is 88.3 cm³/mol. The predicted octanol–water partition coefficient (Wildman–Crippen LogP) is 2.57. The van der Waals surface area contributed by atoms with Crippen molar-refractivity contribution < 1.29 is 9.59 Å². The van der Waals surface area contributed by atoms with Gasteiger partial charge in [0.25, 0.3) is 5.91 Å². The highest BCUT2D eigenvalue weighted by Gasteiger charge is 2.36. The Kier molecular flexibility index (Phi) is 4.26. The Morgan fingerprint density at radius 2 is 2.09 bits per heavy atom. The molecule has 2 atom stereocenters. The van der Waals surface area contributed by atoms with Crippen molar-refractivity contribution in [3.05, 3.63) is 21.4 Å². The molecule has 1 fully saturated rings. The molecule has 1 aliphatic carbocycles. The first-order valence-electron chi connectivity index (χ1n) is 8.11. The lowest BCUT2D eigenvalue weighted by molar-refractivity contribution is -0.132. The van der Waals surface area contributed by atoms with E-state index in [0.717, 1.165) is 30.6 Å². The third-order valence-corrected chi connectivity index (χ3v) is 6.00. The lowest BCUT2D eigenvalue weighted by Crippen LogP contribution is -2.45. The number of fused-ring (bicyclic) bond motifs is 1. The van der Waals surface area contributed by atoms with Crippen molar-refractivity contribution >= 4 is 23.2 Å². The second kappa shape index (κ2) is 6.03. The van der Waals surface area contributed by atoms with E-state index in [2.05, 4.69) is 13.0 Å². The van der Waals surface area contributed by atoms with E-state index in [1.165, 1.54) is 16.9 Å². The largest absolute Gasteiger partial charge is 0.347 e. The summed E-state index contributed by atoms with van der Waals surface area (Å²) in [7, 11) is 3.52. The smallest absolute Gasteiger partial charge is 0.264 e. The third-order valence-electron chi connectivity index (χ3n) is 4.78. The van der Waals surface area contributed by atoms with Crippen LogP contribution in [0.25, 0.3) is 0 Å².